The lowest BCUT2D eigenvalue weighted by atomic mass is 9.97. The van der Waals surface area contributed by atoms with Gasteiger partial charge in [-0.2, -0.15) is 0 Å². The Morgan fingerprint density at radius 3 is 2.61 bits per heavy atom. The highest BCUT2D eigenvalue weighted by Gasteiger charge is 2.10. The lowest BCUT2D eigenvalue weighted by molar-refractivity contribution is 0.461. The zero-order chi connectivity index (χ0) is 12.8. The Morgan fingerprint density at radius 2 is 1.94 bits per heavy atom. The Bertz CT molecular complexity index is 461. The molecule has 1 unspecified atom stereocenters. The normalized spacial score (nSPS) is 12.6. The van der Waals surface area contributed by atoms with Crippen molar-refractivity contribution in [2.75, 3.05) is 0 Å². The van der Waals surface area contributed by atoms with E-state index in [1.165, 1.54) is 34.7 Å². The zero-order valence-corrected chi connectivity index (χ0v) is 12.0. The summed E-state index contributed by atoms with van der Waals surface area (Å²) in [7, 11) is 0. The molecule has 1 heterocycles. The number of hydrogen-bond donors (Lipinski definition) is 0. The Hall–Kier alpha value is -1.15. The van der Waals surface area contributed by atoms with E-state index in [0.29, 0.717) is 0 Å². The molecule has 0 aliphatic rings. The molecule has 0 aliphatic heterocycles. The molecule has 96 valence electrons. The summed E-state index contributed by atoms with van der Waals surface area (Å²) in [6.45, 7) is 4.55. The summed E-state index contributed by atoms with van der Waals surface area (Å²) < 4.78 is 0. The largest absolute Gasteiger partial charge is 0.249 e. The fourth-order valence-corrected chi connectivity index (χ4v) is 3.28. The first-order valence-corrected chi connectivity index (χ1v) is 7.65. The standard InChI is InChI=1S/C16H21NS/c1-3-8-13(4-2)11-16-17-12-15(18-16)14-9-6-5-7-10-14/h5-7,9-10,12-13H,3-4,8,11H2,1-2H3. The molecule has 2 aromatic rings. The molecular formula is C16H21NS. The van der Waals surface area contributed by atoms with Gasteiger partial charge in [0.2, 0.25) is 0 Å². The van der Waals surface area contributed by atoms with Crippen molar-refractivity contribution in [3.63, 3.8) is 0 Å². The van der Waals surface area contributed by atoms with Gasteiger partial charge in [-0.05, 0) is 11.5 Å². The van der Waals surface area contributed by atoms with Gasteiger partial charge >= 0.3 is 0 Å². The van der Waals surface area contributed by atoms with Crippen LogP contribution in [0.3, 0.4) is 0 Å². The van der Waals surface area contributed by atoms with Crippen LogP contribution in [-0.2, 0) is 6.42 Å². The maximum Gasteiger partial charge on any atom is 0.0934 e. The van der Waals surface area contributed by atoms with Gasteiger partial charge in [0.05, 0.1) is 9.88 Å². The van der Waals surface area contributed by atoms with Gasteiger partial charge in [0.15, 0.2) is 0 Å². The highest BCUT2D eigenvalue weighted by atomic mass is 32.1. The van der Waals surface area contributed by atoms with Crippen LogP contribution in [0.1, 0.15) is 38.1 Å². The summed E-state index contributed by atoms with van der Waals surface area (Å²) >= 11 is 1.84. The molecule has 0 saturated heterocycles. The Labute approximate surface area is 114 Å². The molecule has 2 heteroatoms. The van der Waals surface area contributed by atoms with Crippen molar-refractivity contribution >= 4 is 11.3 Å². The van der Waals surface area contributed by atoms with Crippen molar-refractivity contribution in [1.29, 1.82) is 0 Å². The van der Waals surface area contributed by atoms with Crippen LogP contribution in [0.25, 0.3) is 10.4 Å². The van der Waals surface area contributed by atoms with E-state index in [1.54, 1.807) is 0 Å². The van der Waals surface area contributed by atoms with E-state index in [-0.39, 0.29) is 0 Å². The summed E-state index contributed by atoms with van der Waals surface area (Å²) in [5.41, 5.74) is 1.28. The molecule has 0 amide bonds. The molecule has 0 spiro atoms. The van der Waals surface area contributed by atoms with Crippen molar-refractivity contribution in [3.8, 4) is 10.4 Å². The summed E-state index contributed by atoms with van der Waals surface area (Å²) in [5.74, 6) is 0.796. The smallest absolute Gasteiger partial charge is 0.0934 e. The van der Waals surface area contributed by atoms with Crippen LogP contribution in [-0.4, -0.2) is 4.98 Å². The Morgan fingerprint density at radius 1 is 1.17 bits per heavy atom. The van der Waals surface area contributed by atoms with Gasteiger partial charge < -0.3 is 0 Å². The molecule has 1 nitrogen and oxygen atoms in total. The van der Waals surface area contributed by atoms with E-state index >= 15 is 0 Å². The molecule has 1 aromatic heterocycles. The monoisotopic (exact) mass is 259 g/mol. The summed E-state index contributed by atoms with van der Waals surface area (Å²) in [6, 6.07) is 10.5. The Kier molecular flexibility index (Phi) is 4.94. The number of thiazole rings is 1. The van der Waals surface area contributed by atoms with Crippen molar-refractivity contribution < 1.29 is 0 Å². The van der Waals surface area contributed by atoms with E-state index in [9.17, 15) is 0 Å². The molecule has 0 bridgehead atoms. The van der Waals surface area contributed by atoms with Gasteiger partial charge in [0.25, 0.3) is 0 Å². The van der Waals surface area contributed by atoms with Gasteiger partial charge in [0.1, 0.15) is 0 Å². The molecule has 0 saturated carbocycles. The molecule has 0 fully saturated rings. The molecule has 18 heavy (non-hydrogen) atoms. The maximum atomic E-state index is 4.58. The summed E-state index contributed by atoms with van der Waals surface area (Å²) in [6.07, 6.45) is 7.01. The quantitative estimate of drug-likeness (QED) is 0.696. The minimum Gasteiger partial charge on any atom is -0.249 e. The molecule has 0 radical (unpaired) electrons. The van der Waals surface area contributed by atoms with Crippen LogP contribution in [0.2, 0.25) is 0 Å². The van der Waals surface area contributed by atoms with E-state index in [2.05, 4.69) is 49.2 Å². The second-order valence-corrected chi connectivity index (χ2v) is 5.87. The number of benzene rings is 1. The van der Waals surface area contributed by atoms with E-state index in [0.717, 1.165) is 12.3 Å². The average molecular weight is 259 g/mol. The molecule has 1 aromatic carbocycles. The lowest BCUT2D eigenvalue weighted by Crippen LogP contribution is -2.02. The third-order valence-electron chi connectivity index (χ3n) is 3.35. The highest BCUT2D eigenvalue weighted by molar-refractivity contribution is 7.15. The van der Waals surface area contributed by atoms with E-state index < -0.39 is 0 Å². The number of rotatable bonds is 6. The number of hydrogen-bond acceptors (Lipinski definition) is 2. The van der Waals surface area contributed by atoms with Crippen LogP contribution in [0.15, 0.2) is 36.5 Å². The van der Waals surface area contributed by atoms with Gasteiger partial charge in [-0.15, -0.1) is 11.3 Å². The minimum atomic E-state index is 0.796. The highest BCUT2D eigenvalue weighted by Crippen LogP contribution is 2.28. The van der Waals surface area contributed by atoms with Gasteiger partial charge in [-0.3, -0.25) is 0 Å². The SMILES string of the molecule is CCCC(CC)Cc1ncc(-c2ccccc2)s1. The molecule has 0 N–H and O–H groups in total. The first kappa shape index (κ1) is 13.3. The summed E-state index contributed by atoms with van der Waals surface area (Å²) in [5, 5.41) is 1.29. The van der Waals surface area contributed by atoms with Crippen molar-refractivity contribution in [2.45, 2.75) is 39.5 Å². The molecule has 0 aliphatic carbocycles. The van der Waals surface area contributed by atoms with Gasteiger partial charge in [-0.1, -0.05) is 63.4 Å². The first-order valence-electron chi connectivity index (χ1n) is 6.83. The van der Waals surface area contributed by atoms with Crippen LogP contribution >= 0.6 is 11.3 Å². The van der Waals surface area contributed by atoms with E-state index in [4.69, 9.17) is 0 Å². The second-order valence-electron chi connectivity index (χ2n) is 4.75. The first-order chi connectivity index (χ1) is 8.83. The van der Waals surface area contributed by atoms with Crippen LogP contribution in [0.5, 0.6) is 0 Å². The van der Waals surface area contributed by atoms with Crippen LogP contribution in [0.4, 0.5) is 0 Å². The average Bonchev–Trinajstić information content (AvgIpc) is 2.88. The fourth-order valence-electron chi connectivity index (χ4n) is 2.25. The topological polar surface area (TPSA) is 12.9 Å². The third kappa shape index (κ3) is 3.42. The number of aromatic nitrogens is 1. The Balaban J connectivity index is 2.06. The second kappa shape index (κ2) is 6.69. The van der Waals surface area contributed by atoms with Crippen molar-refractivity contribution in [2.24, 2.45) is 5.92 Å². The predicted molar refractivity (Wildman–Crippen MR) is 79.9 cm³/mol. The zero-order valence-electron chi connectivity index (χ0n) is 11.2. The van der Waals surface area contributed by atoms with Crippen molar-refractivity contribution in [1.82, 2.24) is 4.98 Å². The lowest BCUT2D eigenvalue weighted by Gasteiger charge is -2.10. The van der Waals surface area contributed by atoms with E-state index in [1.807, 2.05) is 17.5 Å². The van der Waals surface area contributed by atoms with Gasteiger partial charge in [-0.25, -0.2) is 4.98 Å². The maximum absolute atomic E-state index is 4.58. The number of nitrogens with zero attached hydrogens (tertiary/aromatic N) is 1. The molecule has 1 atom stereocenters. The molecule has 2 rings (SSSR count). The summed E-state index contributed by atoms with van der Waals surface area (Å²) in [4.78, 5) is 5.87. The molecular weight excluding hydrogens is 238 g/mol. The van der Waals surface area contributed by atoms with Crippen LogP contribution < -0.4 is 0 Å². The van der Waals surface area contributed by atoms with Crippen molar-refractivity contribution in [3.05, 3.63) is 41.5 Å². The fraction of sp³-hybridized carbons (Fsp3) is 0.438. The third-order valence-corrected chi connectivity index (χ3v) is 4.42. The minimum absolute atomic E-state index is 0.796. The van der Waals surface area contributed by atoms with Gasteiger partial charge in [0, 0.05) is 12.6 Å². The van der Waals surface area contributed by atoms with Crippen LogP contribution in [0, 0.1) is 5.92 Å². The predicted octanol–water partition coefficient (Wildman–Crippen LogP) is 5.18.